The van der Waals surface area contributed by atoms with Gasteiger partial charge >= 0.3 is 5.69 Å². The number of H-pyrrole nitrogens is 2. The van der Waals surface area contributed by atoms with Crippen molar-refractivity contribution in [3.8, 4) is 5.69 Å². The van der Waals surface area contributed by atoms with Gasteiger partial charge in [0.15, 0.2) is 0 Å². The summed E-state index contributed by atoms with van der Waals surface area (Å²) in [5.41, 5.74) is -0.465. The maximum absolute atomic E-state index is 13.5. The molecule has 0 bridgehead atoms. The Hall–Kier alpha value is -1.40. The quantitative estimate of drug-likeness (QED) is 0.756. The molecule has 1 heterocycles. The summed E-state index contributed by atoms with van der Waals surface area (Å²) in [4.78, 5) is 11.3. The fourth-order valence-corrected chi connectivity index (χ4v) is 1.58. The van der Waals surface area contributed by atoms with Gasteiger partial charge in [-0.25, -0.2) is 18.9 Å². The molecule has 0 saturated heterocycles. The molecule has 0 aliphatic rings. The van der Waals surface area contributed by atoms with Crippen molar-refractivity contribution in [1.82, 2.24) is 14.8 Å². The van der Waals surface area contributed by atoms with E-state index >= 15 is 0 Å². The molecule has 0 atom stereocenters. The first kappa shape index (κ1) is 10.1. The normalized spacial score (nSPS) is 10.5. The molecule has 1 aromatic carbocycles. The Labute approximate surface area is 93.3 Å². The van der Waals surface area contributed by atoms with E-state index in [1.165, 1.54) is 12.1 Å². The molecule has 0 saturated carbocycles. The average molecular weight is 246 g/mol. The maximum atomic E-state index is 13.5. The molecular weight excluding hydrogens is 241 g/mol. The van der Waals surface area contributed by atoms with E-state index < -0.39 is 11.5 Å². The van der Waals surface area contributed by atoms with Gasteiger partial charge in [-0.3, -0.25) is 5.10 Å². The van der Waals surface area contributed by atoms with Crippen LogP contribution in [-0.2, 0) is 0 Å². The number of nitrogens with one attached hydrogen (secondary N) is 2. The standard InChI is InChI=1S/C8H5ClFN3OS/c9-4-1-2-6(5(10)3-4)13-7(14)11-12-8(13)15/h1-3H,(H,11,14)(H,12,15). The van der Waals surface area contributed by atoms with Crippen molar-refractivity contribution >= 4 is 23.8 Å². The van der Waals surface area contributed by atoms with E-state index in [2.05, 4.69) is 10.2 Å². The van der Waals surface area contributed by atoms with Crippen LogP contribution in [0.1, 0.15) is 0 Å². The van der Waals surface area contributed by atoms with Crippen LogP contribution in [0.25, 0.3) is 5.69 Å². The van der Waals surface area contributed by atoms with E-state index in [4.69, 9.17) is 23.8 Å². The summed E-state index contributed by atoms with van der Waals surface area (Å²) < 4.78 is 14.6. The third kappa shape index (κ3) is 1.73. The van der Waals surface area contributed by atoms with Gasteiger partial charge in [0.05, 0.1) is 5.69 Å². The number of aromatic amines is 2. The van der Waals surface area contributed by atoms with Crippen molar-refractivity contribution in [3.05, 3.63) is 44.3 Å². The molecule has 2 N–H and O–H groups in total. The third-order valence-corrected chi connectivity index (χ3v) is 2.35. The van der Waals surface area contributed by atoms with Crippen molar-refractivity contribution < 1.29 is 4.39 Å². The first-order chi connectivity index (χ1) is 7.09. The highest BCUT2D eigenvalue weighted by Crippen LogP contribution is 2.16. The molecule has 1 aromatic heterocycles. The molecule has 0 aliphatic carbocycles. The fraction of sp³-hybridized carbons (Fsp3) is 0. The molecule has 7 heteroatoms. The monoisotopic (exact) mass is 245 g/mol. The number of nitrogens with zero attached hydrogens (tertiary/aromatic N) is 1. The van der Waals surface area contributed by atoms with Crippen molar-refractivity contribution in [2.45, 2.75) is 0 Å². The predicted molar refractivity (Wildman–Crippen MR) is 56.5 cm³/mol. The van der Waals surface area contributed by atoms with Crippen LogP contribution in [0, 0.1) is 10.6 Å². The highest BCUT2D eigenvalue weighted by Gasteiger charge is 2.09. The second kappa shape index (κ2) is 3.63. The van der Waals surface area contributed by atoms with Gasteiger partial charge in [0.2, 0.25) is 4.77 Å². The van der Waals surface area contributed by atoms with E-state index in [1.807, 2.05) is 0 Å². The summed E-state index contributed by atoms with van der Waals surface area (Å²) in [5.74, 6) is -0.608. The van der Waals surface area contributed by atoms with Gasteiger partial charge < -0.3 is 0 Å². The molecule has 2 aromatic rings. The fourth-order valence-electron chi connectivity index (χ4n) is 1.19. The van der Waals surface area contributed by atoms with Crippen LogP contribution in [0.3, 0.4) is 0 Å². The van der Waals surface area contributed by atoms with Gasteiger partial charge in [-0.1, -0.05) is 11.6 Å². The Morgan fingerprint density at radius 2 is 2.13 bits per heavy atom. The molecule has 4 nitrogen and oxygen atoms in total. The van der Waals surface area contributed by atoms with Crippen molar-refractivity contribution in [2.24, 2.45) is 0 Å². The lowest BCUT2D eigenvalue weighted by molar-refractivity contribution is 0.616. The first-order valence-electron chi connectivity index (χ1n) is 3.95. The first-order valence-corrected chi connectivity index (χ1v) is 4.73. The minimum atomic E-state index is -0.608. The second-order valence-electron chi connectivity index (χ2n) is 2.79. The van der Waals surface area contributed by atoms with Gasteiger partial charge in [-0.05, 0) is 30.4 Å². The molecule has 0 radical (unpaired) electrons. The second-order valence-corrected chi connectivity index (χ2v) is 3.61. The van der Waals surface area contributed by atoms with Crippen molar-refractivity contribution in [2.75, 3.05) is 0 Å². The maximum Gasteiger partial charge on any atom is 0.347 e. The zero-order valence-electron chi connectivity index (χ0n) is 7.25. The summed E-state index contributed by atoms with van der Waals surface area (Å²) in [6, 6.07) is 3.98. The Bertz CT molecular complexity index is 587. The molecule has 78 valence electrons. The summed E-state index contributed by atoms with van der Waals surface area (Å²) in [7, 11) is 0. The van der Waals surface area contributed by atoms with Gasteiger partial charge in [-0.2, -0.15) is 0 Å². The van der Waals surface area contributed by atoms with E-state index in [0.717, 1.165) is 10.6 Å². The van der Waals surface area contributed by atoms with E-state index in [0.29, 0.717) is 0 Å². The Morgan fingerprint density at radius 3 is 2.67 bits per heavy atom. The zero-order valence-corrected chi connectivity index (χ0v) is 8.82. The summed E-state index contributed by atoms with van der Waals surface area (Å²) in [6.07, 6.45) is 0. The lowest BCUT2D eigenvalue weighted by Crippen LogP contribution is -2.16. The van der Waals surface area contributed by atoms with Crippen LogP contribution in [0.15, 0.2) is 23.0 Å². The SMILES string of the molecule is O=c1[nH][nH]c(=S)n1-c1ccc(Cl)cc1F. The minimum absolute atomic E-state index is 0.0619. The molecular formula is C8H5ClFN3OS. The number of rotatable bonds is 1. The summed E-state index contributed by atoms with van der Waals surface area (Å²) in [5, 5.41) is 4.93. The lowest BCUT2D eigenvalue weighted by Gasteiger charge is -2.01. The zero-order chi connectivity index (χ0) is 11.0. The number of hydrogen-bond donors (Lipinski definition) is 2. The molecule has 0 unspecified atom stereocenters. The number of hydrogen-bond acceptors (Lipinski definition) is 2. The van der Waals surface area contributed by atoms with Crippen LogP contribution < -0.4 is 5.69 Å². The predicted octanol–water partition coefficient (Wildman–Crippen LogP) is 2.02. The third-order valence-electron chi connectivity index (χ3n) is 1.83. The van der Waals surface area contributed by atoms with Gasteiger partial charge in [-0.15, -0.1) is 0 Å². The Balaban J connectivity index is 2.75. The smallest absolute Gasteiger partial charge is 0.272 e. The highest BCUT2D eigenvalue weighted by atomic mass is 35.5. The molecule has 0 amide bonds. The summed E-state index contributed by atoms with van der Waals surface area (Å²) >= 11 is 10.4. The van der Waals surface area contributed by atoms with E-state index in [-0.39, 0.29) is 15.5 Å². The number of halogens is 2. The molecule has 0 aliphatic heterocycles. The topological polar surface area (TPSA) is 53.6 Å². The van der Waals surface area contributed by atoms with E-state index in [9.17, 15) is 9.18 Å². The molecule has 0 spiro atoms. The van der Waals surface area contributed by atoms with Crippen molar-refractivity contribution in [1.29, 1.82) is 0 Å². The number of aromatic nitrogens is 3. The molecule has 15 heavy (non-hydrogen) atoms. The van der Waals surface area contributed by atoms with Gasteiger partial charge in [0.1, 0.15) is 5.82 Å². The highest BCUT2D eigenvalue weighted by molar-refractivity contribution is 7.71. The van der Waals surface area contributed by atoms with Crippen LogP contribution >= 0.6 is 23.8 Å². The Morgan fingerprint density at radius 1 is 1.40 bits per heavy atom. The minimum Gasteiger partial charge on any atom is -0.272 e. The molecule has 0 fully saturated rings. The van der Waals surface area contributed by atoms with Gasteiger partial charge in [0.25, 0.3) is 0 Å². The largest absolute Gasteiger partial charge is 0.347 e. The lowest BCUT2D eigenvalue weighted by atomic mass is 10.3. The number of benzene rings is 1. The van der Waals surface area contributed by atoms with Crippen LogP contribution in [0.5, 0.6) is 0 Å². The van der Waals surface area contributed by atoms with Crippen LogP contribution in [-0.4, -0.2) is 14.8 Å². The van der Waals surface area contributed by atoms with Gasteiger partial charge in [0, 0.05) is 5.02 Å². The molecule has 2 rings (SSSR count). The Kier molecular flexibility index (Phi) is 2.45. The van der Waals surface area contributed by atoms with Crippen LogP contribution in [0.4, 0.5) is 4.39 Å². The van der Waals surface area contributed by atoms with E-state index in [1.54, 1.807) is 0 Å². The van der Waals surface area contributed by atoms with Crippen LogP contribution in [0.2, 0.25) is 5.02 Å². The summed E-state index contributed by atoms with van der Waals surface area (Å²) in [6.45, 7) is 0. The van der Waals surface area contributed by atoms with Crippen molar-refractivity contribution in [3.63, 3.8) is 0 Å². The average Bonchev–Trinajstić information content (AvgIpc) is 2.48.